The van der Waals surface area contributed by atoms with Gasteiger partial charge in [-0.15, -0.1) is 11.3 Å². The summed E-state index contributed by atoms with van der Waals surface area (Å²) >= 11 is 1.91. The number of fused-ring (bicyclic) bond motifs is 9. The summed E-state index contributed by atoms with van der Waals surface area (Å²) in [5, 5.41) is 13.2. The van der Waals surface area contributed by atoms with Crippen LogP contribution in [-0.4, -0.2) is 9.13 Å². The molecule has 0 unspecified atom stereocenters. The number of nitrogens with zero attached hydrogens (tertiary/aromatic N) is 2. The maximum absolute atomic E-state index is 2.53. The Balaban J connectivity index is 1.36. The van der Waals surface area contributed by atoms with Crippen LogP contribution in [0.5, 0.6) is 0 Å². The zero-order valence-electron chi connectivity index (χ0n) is 24.2. The average Bonchev–Trinajstić information content (AvgIpc) is 3.75. The van der Waals surface area contributed by atoms with E-state index in [-0.39, 0.29) is 0 Å². The van der Waals surface area contributed by atoms with E-state index in [2.05, 4.69) is 155 Å². The lowest BCUT2D eigenvalue weighted by molar-refractivity contribution is 1.18. The summed E-state index contributed by atoms with van der Waals surface area (Å²) < 4.78 is 7.65. The highest BCUT2D eigenvalue weighted by atomic mass is 32.1. The molecule has 0 fully saturated rings. The van der Waals surface area contributed by atoms with Gasteiger partial charge < -0.3 is 9.13 Å². The number of hydrogen-bond donors (Lipinski definition) is 0. The lowest BCUT2D eigenvalue weighted by Crippen LogP contribution is -1.96. The Hall–Kier alpha value is -5.64. The summed E-state index contributed by atoms with van der Waals surface area (Å²) in [6.45, 7) is 0. The molecule has 0 radical (unpaired) electrons. The topological polar surface area (TPSA) is 9.86 Å². The molecule has 8 aromatic carbocycles. The van der Waals surface area contributed by atoms with Crippen LogP contribution >= 0.6 is 11.3 Å². The van der Waals surface area contributed by atoms with Gasteiger partial charge in [0, 0.05) is 52.8 Å². The Morgan fingerprint density at radius 1 is 0.333 bits per heavy atom. The van der Waals surface area contributed by atoms with E-state index in [1.54, 1.807) is 0 Å². The summed E-state index contributed by atoms with van der Waals surface area (Å²) in [6.07, 6.45) is 0. The van der Waals surface area contributed by atoms with Crippen LogP contribution in [0.3, 0.4) is 0 Å². The van der Waals surface area contributed by atoms with Crippen molar-refractivity contribution in [2.75, 3.05) is 0 Å². The van der Waals surface area contributed by atoms with Gasteiger partial charge in [-0.1, -0.05) is 91.0 Å². The third kappa shape index (κ3) is 2.98. The molecule has 3 heterocycles. The van der Waals surface area contributed by atoms with Gasteiger partial charge in [0.25, 0.3) is 0 Å². The zero-order valence-corrected chi connectivity index (χ0v) is 25.0. The molecule has 0 aliphatic carbocycles. The molecule has 11 aromatic rings. The van der Waals surface area contributed by atoms with Crippen molar-refractivity contribution in [2.24, 2.45) is 0 Å². The molecule has 0 saturated carbocycles. The van der Waals surface area contributed by atoms with Gasteiger partial charge in [0.1, 0.15) is 0 Å². The van der Waals surface area contributed by atoms with Gasteiger partial charge >= 0.3 is 0 Å². The Kier molecular flexibility index (Phi) is 4.49. The number of hydrogen-bond acceptors (Lipinski definition) is 1. The Morgan fingerprint density at radius 3 is 1.64 bits per heavy atom. The molecule has 0 saturated heterocycles. The van der Waals surface area contributed by atoms with Crippen LogP contribution in [0, 0.1) is 0 Å². The molecule has 0 atom stereocenters. The van der Waals surface area contributed by atoms with Crippen LogP contribution in [-0.2, 0) is 0 Å². The van der Waals surface area contributed by atoms with Crippen LogP contribution in [0.4, 0.5) is 0 Å². The summed E-state index contributed by atoms with van der Waals surface area (Å²) in [6, 6.07) is 53.8. The summed E-state index contributed by atoms with van der Waals surface area (Å²) in [7, 11) is 0. The number of rotatable bonds is 2. The fraction of sp³-hybridized carbons (Fsp3) is 0. The third-order valence-corrected chi connectivity index (χ3v) is 11.0. The molecular formula is C42H24N2S. The van der Waals surface area contributed by atoms with Gasteiger partial charge in [0.05, 0.1) is 27.8 Å². The minimum absolute atomic E-state index is 1.18. The minimum atomic E-state index is 1.18. The number of aromatic nitrogens is 2. The molecule has 0 bridgehead atoms. The lowest BCUT2D eigenvalue weighted by Gasteiger charge is -2.16. The van der Waals surface area contributed by atoms with E-state index in [0.29, 0.717) is 0 Å². The van der Waals surface area contributed by atoms with Crippen molar-refractivity contribution in [3.63, 3.8) is 0 Å². The summed E-state index contributed by atoms with van der Waals surface area (Å²) in [5.41, 5.74) is 7.34. The van der Waals surface area contributed by atoms with Gasteiger partial charge in [0.15, 0.2) is 0 Å². The SMILES string of the molecule is c1ccc(-n2c3ccccc3c3cc4c(cc32)c2ccccc2n4-c2ccc3sc4cccc5c6ccccc6c2c3c45)cc1. The van der Waals surface area contributed by atoms with Crippen molar-refractivity contribution >= 4 is 96.7 Å². The molecule has 2 nitrogen and oxygen atoms in total. The molecule has 11 rings (SSSR count). The molecule has 0 amide bonds. The minimum Gasteiger partial charge on any atom is -0.309 e. The molecule has 208 valence electrons. The largest absolute Gasteiger partial charge is 0.309 e. The van der Waals surface area contributed by atoms with Crippen molar-refractivity contribution in [3.8, 4) is 11.4 Å². The maximum atomic E-state index is 2.53. The van der Waals surface area contributed by atoms with E-state index in [9.17, 15) is 0 Å². The first-order valence-electron chi connectivity index (χ1n) is 15.5. The smallest absolute Gasteiger partial charge is 0.0549 e. The van der Waals surface area contributed by atoms with Gasteiger partial charge in [-0.3, -0.25) is 0 Å². The molecule has 3 aromatic heterocycles. The number of thiophene rings is 1. The van der Waals surface area contributed by atoms with Gasteiger partial charge in [-0.25, -0.2) is 0 Å². The Bertz CT molecular complexity index is 2970. The first-order valence-corrected chi connectivity index (χ1v) is 16.3. The predicted molar refractivity (Wildman–Crippen MR) is 194 cm³/mol. The van der Waals surface area contributed by atoms with Crippen molar-refractivity contribution in [2.45, 2.75) is 0 Å². The first kappa shape index (κ1) is 23.8. The number of para-hydroxylation sites is 3. The molecule has 0 N–H and O–H groups in total. The van der Waals surface area contributed by atoms with Crippen LogP contribution < -0.4 is 0 Å². The van der Waals surface area contributed by atoms with E-state index in [0.717, 1.165) is 0 Å². The van der Waals surface area contributed by atoms with Crippen molar-refractivity contribution in [1.82, 2.24) is 9.13 Å². The van der Waals surface area contributed by atoms with Crippen molar-refractivity contribution in [1.29, 1.82) is 0 Å². The van der Waals surface area contributed by atoms with Crippen LogP contribution in [0.15, 0.2) is 146 Å². The molecule has 3 heteroatoms. The number of benzene rings is 8. The second-order valence-electron chi connectivity index (χ2n) is 12.1. The normalized spacial score (nSPS) is 12.4. The summed E-state index contributed by atoms with van der Waals surface area (Å²) in [4.78, 5) is 0. The molecular weight excluding hydrogens is 565 g/mol. The van der Waals surface area contributed by atoms with Crippen LogP contribution in [0.1, 0.15) is 0 Å². The van der Waals surface area contributed by atoms with Crippen LogP contribution in [0.2, 0.25) is 0 Å². The predicted octanol–water partition coefficient (Wildman–Crippen LogP) is 12.0. The van der Waals surface area contributed by atoms with Crippen molar-refractivity contribution < 1.29 is 0 Å². The van der Waals surface area contributed by atoms with Crippen molar-refractivity contribution in [3.05, 3.63) is 146 Å². The van der Waals surface area contributed by atoms with E-state index in [1.807, 2.05) is 11.3 Å². The van der Waals surface area contributed by atoms with E-state index in [4.69, 9.17) is 0 Å². The maximum Gasteiger partial charge on any atom is 0.0549 e. The molecule has 0 aliphatic rings. The zero-order chi connectivity index (χ0) is 29.2. The van der Waals surface area contributed by atoms with Gasteiger partial charge in [-0.05, 0) is 70.8 Å². The first-order chi connectivity index (χ1) is 22.3. The summed E-state index contributed by atoms with van der Waals surface area (Å²) in [5.74, 6) is 0. The Labute approximate surface area is 261 Å². The fourth-order valence-corrected chi connectivity index (χ4v) is 9.20. The molecule has 0 aliphatic heterocycles. The molecule has 45 heavy (non-hydrogen) atoms. The van der Waals surface area contributed by atoms with E-state index in [1.165, 1.54) is 96.7 Å². The highest BCUT2D eigenvalue weighted by Gasteiger charge is 2.22. The second kappa shape index (κ2) is 8.50. The fourth-order valence-electron chi connectivity index (χ4n) is 8.06. The van der Waals surface area contributed by atoms with Gasteiger partial charge in [0.2, 0.25) is 0 Å². The Morgan fingerprint density at radius 2 is 0.889 bits per heavy atom. The second-order valence-corrected chi connectivity index (χ2v) is 13.2. The lowest BCUT2D eigenvalue weighted by atomic mass is 9.93. The van der Waals surface area contributed by atoms with E-state index >= 15 is 0 Å². The quantitative estimate of drug-likeness (QED) is 0.178. The third-order valence-electron chi connectivity index (χ3n) is 9.85. The average molecular weight is 589 g/mol. The standard InChI is InChI=1S/C42H24N2S/c1-2-11-25(12-3-1)43-33-18-8-6-14-27(33)31-24-37-32(23-36(31)43)28-15-7-9-19-34(28)44(37)35-21-22-39-42-40(35)29-16-5-4-13-26(29)30-17-10-20-38(45-39)41(30)42/h1-24H. The molecule has 0 spiro atoms. The van der Waals surface area contributed by atoms with E-state index < -0.39 is 0 Å². The van der Waals surface area contributed by atoms with Crippen LogP contribution in [0.25, 0.3) is 96.7 Å². The highest BCUT2D eigenvalue weighted by molar-refractivity contribution is 7.26. The monoisotopic (exact) mass is 588 g/mol. The highest BCUT2D eigenvalue weighted by Crippen LogP contribution is 2.48. The van der Waals surface area contributed by atoms with Gasteiger partial charge in [-0.2, -0.15) is 0 Å².